The van der Waals surface area contributed by atoms with E-state index < -0.39 is 11.5 Å². The molecule has 0 heterocycles. The first-order chi connectivity index (χ1) is 10.4. The molecule has 6 nitrogen and oxygen atoms in total. The number of nitrogens with two attached hydrogens (primary N) is 1. The van der Waals surface area contributed by atoms with Crippen molar-refractivity contribution in [2.45, 2.75) is 39.2 Å². The second-order valence-corrected chi connectivity index (χ2v) is 5.17. The van der Waals surface area contributed by atoms with Crippen LogP contribution in [0.4, 0.5) is 5.69 Å². The van der Waals surface area contributed by atoms with Crippen LogP contribution in [-0.4, -0.2) is 30.6 Å². The van der Waals surface area contributed by atoms with E-state index in [-0.39, 0.29) is 12.5 Å². The molecule has 0 saturated heterocycles. The summed E-state index contributed by atoms with van der Waals surface area (Å²) in [5.41, 5.74) is 4.79. The molecule has 0 fully saturated rings. The SMILES string of the molecule is CCCOC(C)(CC)C(=O)Nc1ccc(OCC(N)=O)cc1. The highest BCUT2D eigenvalue weighted by atomic mass is 16.5. The van der Waals surface area contributed by atoms with Crippen LogP contribution in [0.15, 0.2) is 24.3 Å². The Hall–Kier alpha value is -2.08. The van der Waals surface area contributed by atoms with Crippen molar-refractivity contribution < 1.29 is 19.1 Å². The monoisotopic (exact) mass is 308 g/mol. The van der Waals surface area contributed by atoms with Crippen LogP contribution in [-0.2, 0) is 14.3 Å². The molecule has 6 heteroatoms. The average Bonchev–Trinajstić information content (AvgIpc) is 2.51. The lowest BCUT2D eigenvalue weighted by Gasteiger charge is -2.27. The van der Waals surface area contributed by atoms with Crippen LogP contribution in [0, 0.1) is 0 Å². The van der Waals surface area contributed by atoms with Gasteiger partial charge in [0.2, 0.25) is 0 Å². The van der Waals surface area contributed by atoms with E-state index in [0.29, 0.717) is 24.5 Å². The third-order valence-electron chi connectivity index (χ3n) is 3.27. The van der Waals surface area contributed by atoms with Gasteiger partial charge in [-0.25, -0.2) is 0 Å². The molecular weight excluding hydrogens is 284 g/mol. The predicted molar refractivity (Wildman–Crippen MR) is 84.7 cm³/mol. The number of nitrogens with one attached hydrogen (secondary N) is 1. The predicted octanol–water partition coefficient (Wildman–Crippen LogP) is 2.08. The van der Waals surface area contributed by atoms with E-state index >= 15 is 0 Å². The second kappa shape index (κ2) is 8.38. The van der Waals surface area contributed by atoms with Gasteiger partial charge in [-0.3, -0.25) is 9.59 Å². The number of ether oxygens (including phenoxy) is 2. The van der Waals surface area contributed by atoms with Gasteiger partial charge in [0, 0.05) is 12.3 Å². The quantitative estimate of drug-likeness (QED) is 0.731. The van der Waals surface area contributed by atoms with Gasteiger partial charge < -0.3 is 20.5 Å². The Balaban J connectivity index is 2.65. The number of primary amides is 1. The largest absolute Gasteiger partial charge is 0.484 e. The molecule has 1 aromatic rings. The van der Waals surface area contributed by atoms with Crippen molar-refractivity contribution in [2.24, 2.45) is 5.73 Å². The Kier molecular flexibility index (Phi) is 6.85. The lowest BCUT2D eigenvalue weighted by molar-refractivity contribution is -0.139. The lowest BCUT2D eigenvalue weighted by atomic mass is 10.0. The van der Waals surface area contributed by atoms with Gasteiger partial charge >= 0.3 is 0 Å². The summed E-state index contributed by atoms with van der Waals surface area (Å²) in [6.45, 7) is 6.05. The first kappa shape index (κ1) is 18.0. The van der Waals surface area contributed by atoms with Gasteiger partial charge in [-0.2, -0.15) is 0 Å². The number of hydrogen-bond donors (Lipinski definition) is 2. The molecule has 22 heavy (non-hydrogen) atoms. The third-order valence-corrected chi connectivity index (χ3v) is 3.27. The third kappa shape index (κ3) is 5.37. The van der Waals surface area contributed by atoms with Crippen molar-refractivity contribution in [3.63, 3.8) is 0 Å². The molecule has 2 amide bonds. The number of carbonyl (C=O) groups excluding carboxylic acids is 2. The normalized spacial score (nSPS) is 13.2. The highest BCUT2D eigenvalue weighted by Crippen LogP contribution is 2.21. The molecule has 1 atom stereocenters. The Bertz CT molecular complexity index is 501. The number of amides is 2. The zero-order valence-corrected chi connectivity index (χ0v) is 13.3. The highest BCUT2D eigenvalue weighted by molar-refractivity contribution is 5.97. The summed E-state index contributed by atoms with van der Waals surface area (Å²) in [7, 11) is 0. The number of hydrogen-bond acceptors (Lipinski definition) is 4. The van der Waals surface area contributed by atoms with E-state index in [4.69, 9.17) is 15.2 Å². The van der Waals surface area contributed by atoms with Crippen LogP contribution in [0.2, 0.25) is 0 Å². The fraction of sp³-hybridized carbons (Fsp3) is 0.500. The number of anilines is 1. The summed E-state index contributed by atoms with van der Waals surface area (Å²) in [5.74, 6) is -0.212. The van der Waals surface area contributed by atoms with Crippen LogP contribution in [0.3, 0.4) is 0 Å². The molecule has 0 aliphatic rings. The van der Waals surface area contributed by atoms with Crippen LogP contribution >= 0.6 is 0 Å². The first-order valence-electron chi connectivity index (χ1n) is 7.38. The maximum atomic E-state index is 12.3. The van der Waals surface area contributed by atoms with Crippen LogP contribution in [0.1, 0.15) is 33.6 Å². The maximum absolute atomic E-state index is 12.3. The van der Waals surface area contributed by atoms with Crippen molar-refractivity contribution in [2.75, 3.05) is 18.5 Å². The van der Waals surface area contributed by atoms with Crippen LogP contribution < -0.4 is 15.8 Å². The van der Waals surface area contributed by atoms with Gasteiger partial charge in [0.1, 0.15) is 11.4 Å². The summed E-state index contributed by atoms with van der Waals surface area (Å²) in [4.78, 5) is 23.0. The molecule has 0 aliphatic carbocycles. The van der Waals surface area contributed by atoms with E-state index in [2.05, 4.69) is 5.32 Å². The van der Waals surface area contributed by atoms with Gasteiger partial charge in [-0.15, -0.1) is 0 Å². The van der Waals surface area contributed by atoms with Crippen molar-refractivity contribution >= 4 is 17.5 Å². The number of carbonyl (C=O) groups is 2. The van der Waals surface area contributed by atoms with E-state index in [0.717, 1.165) is 6.42 Å². The number of rotatable bonds is 9. The van der Waals surface area contributed by atoms with Crippen molar-refractivity contribution in [3.8, 4) is 5.75 Å². The zero-order chi connectivity index (χ0) is 16.6. The highest BCUT2D eigenvalue weighted by Gasteiger charge is 2.32. The van der Waals surface area contributed by atoms with E-state index in [1.54, 1.807) is 31.2 Å². The minimum absolute atomic E-state index is 0.176. The molecule has 0 saturated carbocycles. The van der Waals surface area contributed by atoms with Gasteiger partial charge in [0.05, 0.1) is 0 Å². The van der Waals surface area contributed by atoms with Gasteiger partial charge in [-0.05, 0) is 44.0 Å². The fourth-order valence-electron chi connectivity index (χ4n) is 1.71. The summed E-state index contributed by atoms with van der Waals surface area (Å²) in [5, 5.41) is 2.82. The molecule has 122 valence electrons. The Morgan fingerprint density at radius 1 is 1.23 bits per heavy atom. The Labute approximate surface area is 131 Å². The summed E-state index contributed by atoms with van der Waals surface area (Å²) >= 11 is 0. The average molecular weight is 308 g/mol. The molecule has 0 bridgehead atoms. The summed E-state index contributed by atoms with van der Waals surface area (Å²) in [6, 6.07) is 6.72. The first-order valence-corrected chi connectivity index (χ1v) is 7.38. The van der Waals surface area contributed by atoms with Crippen molar-refractivity contribution in [1.82, 2.24) is 0 Å². The van der Waals surface area contributed by atoms with Crippen LogP contribution in [0.5, 0.6) is 5.75 Å². The molecule has 3 N–H and O–H groups in total. The summed E-state index contributed by atoms with van der Waals surface area (Å²) < 4.78 is 10.8. The van der Waals surface area contributed by atoms with Crippen molar-refractivity contribution in [1.29, 1.82) is 0 Å². The molecule has 0 aromatic heterocycles. The molecule has 1 rings (SSSR count). The molecule has 1 unspecified atom stereocenters. The smallest absolute Gasteiger partial charge is 0.256 e. The van der Waals surface area contributed by atoms with Gasteiger partial charge in [0.15, 0.2) is 6.61 Å². The topological polar surface area (TPSA) is 90.7 Å². The zero-order valence-electron chi connectivity index (χ0n) is 13.3. The van der Waals surface area contributed by atoms with Crippen molar-refractivity contribution in [3.05, 3.63) is 24.3 Å². The maximum Gasteiger partial charge on any atom is 0.256 e. The van der Waals surface area contributed by atoms with Gasteiger partial charge in [-0.1, -0.05) is 13.8 Å². The van der Waals surface area contributed by atoms with E-state index in [1.165, 1.54) is 0 Å². The van der Waals surface area contributed by atoms with E-state index in [1.807, 2.05) is 13.8 Å². The molecular formula is C16H24N2O4. The molecule has 0 aliphatic heterocycles. The minimum Gasteiger partial charge on any atom is -0.484 e. The standard InChI is InChI=1S/C16H24N2O4/c1-4-10-22-16(3,5-2)15(20)18-12-6-8-13(9-7-12)21-11-14(17)19/h6-9H,4-5,10-11H2,1-3H3,(H2,17,19)(H,18,20). The fourth-order valence-corrected chi connectivity index (χ4v) is 1.71. The lowest BCUT2D eigenvalue weighted by Crippen LogP contribution is -2.42. The number of benzene rings is 1. The van der Waals surface area contributed by atoms with Crippen LogP contribution in [0.25, 0.3) is 0 Å². The Morgan fingerprint density at radius 3 is 2.36 bits per heavy atom. The van der Waals surface area contributed by atoms with E-state index in [9.17, 15) is 9.59 Å². The Morgan fingerprint density at radius 2 is 1.86 bits per heavy atom. The molecule has 0 spiro atoms. The second-order valence-electron chi connectivity index (χ2n) is 5.17. The molecule has 1 aromatic carbocycles. The van der Waals surface area contributed by atoms with Gasteiger partial charge in [0.25, 0.3) is 11.8 Å². The molecule has 0 radical (unpaired) electrons. The minimum atomic E-state index is -0.850. The summed E-state index contributed by atoms with van der Waals surface area (Å²) in [6.07, 6.45) is 1.44.